The molecule has 0 fully saturated rings. The van der Waals surface area contributed by atoms with Crippen molar-refractivity contribution < 1.29 is 0 Å². The van der Waals surface area contributed by atoms with Crippen molar-refractivity contribution in [1.29, 1.82) is 0 Å². The molecule has 0 amide bonds. The molecule has 2 heteroatoms. The Balaban J connectivity index is 1.92. The second kappa shape index (κ2) is 4.83. The van der Waals surface area contributed by atoms with E-state index in [2.05, 4.69) is 66.3 Å². The van der Waals surface area contributed by atoms with Crippen molar-refractivity contribution >= 4 is 43.9 Å². The van der Waals surface area contributed by atoms with E-state index in [9.17, 15) is 0 Å². The van der Waals surface area contributed by atoms with Gasteiger partial charge in [0, 0.05) is 20.2 Å². The van der Waals surface area contributed by atoms with E-state index in [-0.39, 0.29) is 0 Å². The van der Waals surface area contributed by atoms with Gasteiger partial charge in [-0.15, -0.1) is 11.3 Å². The number of nitrogens with zero attached hydrogens (tertiary/aromatic N) is 1. The van der Waals surface area contributed by atoms with Crippen LogP contribution in [0.2, 0.25) is 0 Å². The zero-order valence-electron chi connectivity index (χ0n) is 11.4. The van der Waals surface area contributed by atoms with Gasteiger partial charge in [0.2, 0.25) is 0 Å². The Morgan fingerprint density at radius 1 is 0.714 bits per heavy atom. The van der Waals surface area contributed by atoms with E-state index in [4.69, 9.17) is 0 Å². The predicted octanol–water partition coefficient (Wildman–Crippen LogP) is 6.05. The zero-order chi connectivity index (χ0) is 14.2. The van der Waals surface area contributed by atoms with Gasteiger partial charge in [0.1, 0.15) is 0 Å². The Kier molecular flexibility index (Phi) is 2.83. The molecule has 4 aromatic rings. The summed E-state index contributed by atoms with van der Waals surface area (Å²) >= 11 is 1.85. The first kappa shape index (κ1) is 12.3. The van der Waals surface area contributed by atoms with Crippen LogP contribution in [-0.2, 0) is 0 Å². The summed E-state index contributed by atoms with van der Waals surface area (Å²) in [5.41, 5.74) is 3.35. The number of hydrogen-bond acceptors (Lipinski definition) is 2. The molecule has 4 rings (SSSR count). The smallest absolute Gasteiger partial charge is 0.0622 e. The van der Waals surface area contributed by atoms with Gasteiger partial charge in [0.15, 0.2) is 0 Å². The van der Waals surface area contributed by atoms with Crippen LogP contribution in [0.1, 0.15) is 0 Å². The molecule has 0 saturated heterocycles. The quantitative estimate of drug-likeness (QED) is 0.398. The predicted molar refractivity (Wildman–Crippen MR) is 94.0 cm³/mol. The van der Waals surface area contributed by atoms with Crippen LogP contribution in [0, 0.1) is 0 Å². The van der Waals surface area contributed by atoms with Crippen LogP contribution < -0.4 is 0 Å². The van der Waals surface area contributed by atoms with Crippen LogP contribution in [0.25, 0.3) is 31.3 Å². The second-order valence-electron chi connectivity index (χ2n) is 5.01. The van der Waals surface area contributed by atoms with Gasteiger partial charge in [0.25, 0.3) is 0 Å². The van der Waals surface area contributed by atoms with Gasteiger partial charge in [-0.3, -0.25) is 4.99 Å². The summed E-state index contributed by atoms with van der Waals surface area (Å²) in [4.78, 5) is 3.94. The molecule has 0 unspecified atom stereocenters. The molecule has 0 radical (unpaired) electrons. The van der Waals surface area contributed by atoms with Crippen LogP contribution in [-0.4, -0.2) is 6.72 Å². The SMILES string of the molecule is C=Nc1ccc(-c2ccc3sc4ccccc4c3c2)cc1. The van der Waals surface area contributed by atoms with Gasteiger partial charge in [-0.1, -0.05) is 36.4 Å². The minimum Gasteiger partial charge on any atom is -0.265 e. The van der Waals surface area contributed by atoms with Crippen molar-refractivity contribution in [2.24, 2.45) is 4.99 Å². The molecule has 0 aliphatic rings. The maximum Gasteiger partial charge on any atom is 0.0622 e. The number of thiophene rings is 1. The summed E-state index contributed by atoms with van der Waals surface area (Å²) in [6, 6.07) is 23.5. The van der Waals surface area contributed by atoms with Gasteiger partial charge in [0.05, 0.1) is 5.69 Å². The maximum absolute atomic E-state index is 3.94. The second-order valence-corrected chi connectivity index (χ2v) is 6.10. The van der Waals surface area contributed by atoms with Crippen molar-refractivity contribution in [3.05, 3.63) is 66.7 Å². The van der Waals surface area contributed by atoms with Gasteiger partial charge in [-0.2, -0.15) is 0 Å². The molecule has 1 heterocycles. The molecule has 1 aromatic heterocycles. The Bertz CT molecular complexity index is 948. The third kappa shape index (κ3) is 2.05. The first-order valence-corrected chi connectivity index (χ1v) is 7.65. The third-order valence-corrected chi connectivity index (χ3v) is 4.91. The minimum absolute atomic E-state index is 0.904. The fraction of sp³-hybridized carbons (Fsp3) is 0. The fourth-order valence-electron chi connectivity index (χ4n) is 2.66. The van der Waals surface area contributed by atoms with E-state index in [1.54, 1.807) is 0 Å². The molecule has 1 nitrogen and oxygen atoms in total. The Hall–Kier alpha value is -2.45. The lowest BCUT2D eigenvalue weighted by atomic mass is 10.0. The molecule has 0 atom stereocenters. The summed E-state index contributed by atoms with van der Waals surface area (Å²) in [7, 11) is 0. The molecule has 0 aliphatic carbocycles. The lowest BCUT2D eigenvalue weighted by Crippen LogP contribution is -1.77. The molecule has 3 aromatic carbocycles. The van der Waals surface area contributed by atoms with Crippen molar-refractivity contribution in [1.82, 2.24) is 0 Å². The Labute approximate surface area is 127 Å². The van der Waals surface area contributed by atoms with Gasteiger partial charge < -0.3 is 0 Å². The average molecular weight is 287 g/mol. The lowest BCUT2D eigenvalue weighted by Gasteiger charge is -2.03. The first-order valence-electron chi connectivity index (χ1n) is 6.83. The molecule has 0 spiro atoms. The number of rotatable bonds is 2. The van der Waals surface area contributed by atoms with Gasteiger partial charge in [-0.25, -0.2) is 0 Å². The van der Waals surface area contributed by atoms with E-state index in [1.165, 1.54) is 31.3 Å². The molecule has 21 heavy (non-hydrogen) atoms. The molecule has 0 saturated carbocycles. The molecule has 0 N–H and O–H groups in total. The number of fused-ring (bicyclic) bond motifs is 3. The topological polar surface area (TPSA) is 12.4 Å². The summed E-state index contributed by atoms with van der Waals surface area (Å²) in [6.45, 7) is 3.55. The van der Waals surface area contributed by atoms with E-state index in [1.807, 2.05) is 23.5 Å². The number of aliphatic imine (C=N–C) groups is 1. The van der Waals surface area contributed by atoms with E-state index in [0.717, 1.165) is 5.69 Å². The lowest BCUT2D eigenvalue weighted by molar-refractivity contribution is 1.54. The van der Waals surface area contributed by atoms with Crippen LogP contribution in [0.4, 0.5) is 5.69 Å². The molecular formula is C19H13NS. The summed E-state index contributed by atoms with van der Waals surface area (Å²) in [6.07, 6.45) is 0. The van der Waals surface area contributed by atoms with Crippen LogP contribution in [0.5, 0.6) is 0 Å². The van der Waals surface area contributed by atoms with Gasteiger partial charge >= 0.3 is 0 Å². The number of hydrogen-bond donors (Lipinski definition) is 0. The highest BCUT2D eigenvalue weighted by Crippen LogP contribution is 2.36. The standard InChI is InChI=1S/C19H13NS/c1-20-15-9-6-13(7-10-15)14-8-11-19-17(12-14)16-4-2-3-5-18(16)21-19/h2-12H,1H2. The van der Waals surface area contributed by atoms with Crippen molar-refractivity contribution in [3.8, 4) is 11.1 Å². The zero-order valence-corrected chi connectivity index (χ0v) is 12.2. The molecule has 0 aliphatic heterocycles. The third-order valence-electron chi connectivity index (χ3n) is 3.76. The highest BCUT2D eigenvalue weighted by molar-refractivity contribution is 7.25. The number of benzene rings is 3. The van der Waals surface area contributed by atoms with Crippen molar-refractivity contribution in [3.63, 3.8) is 0 Å². The van der Waals surface area contributed by atoms with E-state index >= 15 is 0 Å². The molecular weight excluding hydrogens is 274 g/mol. The van der Waals surface area contributed by atoms with E-state index < -0.39 is 0 Å². The highest BCUT2D eigenvalue weighted by atomic mass is 32.1. The normalized spacial score (nSPS) is 11.0. The first-order chi connectivity index (χ1) is 10.3. The highest BCUT2D eigenvalue weighted by Gasteiger charge is 2.06. The molecule has 100 valence electrons. The average Bonchev–Trinajstić information content (AvgIpc) is 2.93. The van der Waals surface area contributed by atoms with Crippen LogP contribution in [0.15, 0.2) is 71.7 Å². The van der Waals surface area contributed by atoms with Crippen LogP contribution in [0.3, 0.4) is 0 Å². The molecule has 0 bridgehead atoms. The van der Waals surface area contributed by atoms with Gasteiger partial charge in [-0.05, 0) is 48.2 Å². The van der Waals surface area contributed by atoms with Crippen LogP contribution >= 0.6 is 11.3 Å². The van der Waals surface area contributed by atoms with E-state index in [0.29, 0.717) is 0 Å². The maximum atomic E-state index is 3.94. The van der Waals surface area contributed by atoms with Crippen molar-refractivity contribution in [2.75, 3.05) is 0 Å². The monoisotopic (exact) mass is 287 g/mol. The minimum atomic E-state index is 0.904. The summed E-state index contributed by atoms with van der Waals surface area (Å²) in [5, 5.41) is 2.67. The van der Waals surface area contributed by atoms with Crippen molar-refractivity contribution in [2.45, 2.75) is 0 Å². The summed E-state index contributed by atoms with van der Waals surface area (Å²) < 4.78 is 2.68. The Morgan fingerprint density at radius 3 is 2.24 bits per heavy atom. The summed E-state index contributed by atoms with van der Waals surface area (Å²) in [5.74, 6) is 0. The fourth-order valence-corrected chi connectivity index (χ4v) is 3.75. The Morgan fingerprint density at radius 2 is 1.43 bits per heavy atom. The largest absolute Gasteiger partial charge is 0.265 e.